The number of carboxylic acid groups (broad SMARTS) is 1. The van der Waals surface area contributed by atoms with E-state index in [2.05, 4.69) is 20.1 Å². The SMILES string of the molecule is O=C(O)c1ccc(CNC(=O)c2ccccc2NS(=O)(=O)CCOCCc2ccc(NC(=O)c3ccccc3NS(=O)(=O)Cc3ccccc3)cc2)cc1. The summed E-state index contributed by atoms with van der Waals surface area (Å²) < 4.78 is 61.8. The van der Waals surface area contributed by atoms with Gasteiger partial charge in [0.1, 0.15) is 0 Å². The Hall–Kier alpha value is -6.03. The van der Waals surface area contributed by atoms with Crippen LogP contribution >= 0.6 is 0 Å². The second-order valence-corrected chi connectivity index (χ2v) is 15.6. The number of nitrogens with one attached hydrogen (secondary N) is 4. The summed E-state index contributed by atoms with van der Waals surface area (Å²) in [5.74, 6) is -2.66. The highest BCUT2D eigenvalue weighted by molar-refractivity contribution is 7.92. The van der Waals surface area contributed by atoms with E-state index in [4.69, 9.17) is 9.84 Å². The van der Waals surface area contributed by atoms with Crippen LogP contribution in [0, 0.1) is 0 Å². The van der Waals surface area contributed by atoms with Crippen LogP contribution in [0.5, 0.6) is 0 Å². The molecular formula is C39H38N4O9S2. The highest BCUT2D eigenvalue weighted by Crippen LogP contribution is 2.21. The van der Waals surface area contributed by atoms with E-state index in [0.29, 0.717) is 23.2 Å². The molecule has 0 heterocycles. The third-order valence-corrected chi connectivity index (χ3v) is 10.5. The Morgan fingerprint density at radius 1 is 0.574 bits per heavy atom. The monoisotopic (exact) mass is 770 g/mol. The smallest absolute Gasteiger partial charge is 0.335 e. The van der Waals surface area contributed by atoms with Gasteiger partial charge in [-0.25, -0.2) is 21.6 Å². The number of benzene rings is 5. The average molecular weight is 771 g/mol. The van der Waals surface area contributed by atoms with E-state index >= 15 is 0 Å². The lowest BCUT2D eigenvalue weighted by Crippen LogP contribution is -2.26. The molecule has 0 saturated heterocycles. The van der Waals surface area contributed by atoms with Crippen molar-refractivity contribution in [2.45, 2.75) is 18.7 Å². The number of aromatic carboxylic acids is 1. The first kappa shape index (κ1) is 39.2. The van der Waals surface area contributed by atoms with Gasteiger partial charge in [-0.05, 0) is 71.6 Å². The van der Waals surface area contributed by atoms with Crippen LogP contribution in [-0.2, 0) is 43.5 Å². The molecule has 280 valence electrons. The lowest BCUT2D eigenvalue weighted by molar-refractivity contribution is 0.0696. The molecule has 0 radical (unpaired) electrons. The second-order valence-electron chi connectivity index (χ2n) is 12.1. The van der Waals surface area contributed by atoms with Gasteiger partial charge in [-0.2, -0.15) is 0 Å². The van der Waals surface area contributed by atoms with E-state index in [1.165, 1.54) is 36.4 Å². The fourth-order valence-electron chi connectivity index (χ4n) is 5.21. The minimum Gasteiger partial charge on any atom is -0.478 e. The Morgan fingerprint density at radius 2 is 1.13 bits per heavy atom. The molecule has 13 nitrogen and oxygen atoms in total. The van der Waals surface area contributed by atoms with E-state index in [0.717, 1.165) is 5.56 Å². The summed E-state index contributed by atoms with van der Waals surface area (Å²) in [6, 6.07) is 34.2. The third-order valence-electron chi connectivity index (χ3n) is 7.97. The zero-order valence-electron chi connectivity index (χ0n) is 28.9. The molecule has 0 aliphatic rings. The van der Waals surface area contributed by atoms with E-state index in [9.17, 15) is 31.2 Å². The van der Waals surface area contributed by atoms with Crippen LogP contribution in [0.15, 0.2) is 127 Å². The van der Waals surface area contributed by atoms with Crippen molar-refractivity contribution < 1.29 is 41.1 Å². The normalized spacial score (nSPS) is 11.3. The summed E-state index contributed by atoms with van der Waals surface area (Å²) in [5, 5.41) is 14.5. The number of rotatable bonds is 18. The summed E-state index contributed by atoms with van der Waals surface area (Å²) in [5.41, 5.74) is 3.32. The van der Waals surface area contributed by atoms with Gasteiger partial charge in [0.25, 0.3) is 11.8 Å². The standard InChI is InChI=1S/C39H38N4O9S2/c44-37(40-26-29-14-18-31(19-15-29)39(46)47)33-10-4-6-12-35(33)42-53(48,49)25-24-52-23-22-28-16-20-32(21-17-28)41-38(45)34-11-5-7-13-36(34)43-54(50,51)27-30-8-2-1-3-9-30/h1-21,42-43H,22-27H2,(H,40,44)(H,41,45)(H,46,47). The number of sulfonamides is 2. The highest BCUT2D eigenvalue weighted by Gasteiger charge is 2.19. The Balaban J connectivity index is 1.06. The number of carboxylic acids is 1. The largest absolute Gasteiger partial charge is 0.478 e. The minimum absolute atomic E-state index is 0.0985. The maximum Gasteiger partial charge on any atom is 0.335 e. The zero-order valence-corrected chi connectivity index (χ0v) is 30.5. The number of ether oxygens (including phenoxy) is 1. The van der Waals surface area contributed by atoms with Gasteiger partial charge in [-0.15, -0.1) is 0 Å². The molecule has 0 unspecified atom stereocenters. The zero-order chi connectivity index (χ0) is 38.6. The molecule has 0 spiro atoms. The lowest BCUT2D eigenvalue weighted by atomic mass is 10.1. The van der Waals surface area contributed by atoms with Crippen molar-refractivity contribution in [1.82, 2.24) is 5.32 Å². The van der Waals surface area contributed by atoms with Crippen LogP contribution in [0.4, 0.5) is 17.1 Å². The predicted octanol–water partition coefficient (Wildman–Crippen LogP) is 5.51. The fraction of sp³-hybridized carbons (Fsp3) is 0.154. The first-order valence-electron chi connectivity index (χ1n) is 16.7. The van der Waals surface area contributed by atoms with E-state index in [1.807, 2.05) is 0 Å². The average Bonchev–Trinajstić information content (AvgIpc) is 3.15. The maximum absolute atomic E-state index is 13.1. The van der Waals surface area contributed by atoms with Crippen LogP contribution in [0.25, 0.3) is 0 Å². The van der Waals surface area contributed by atoms with E-state index in [1.54, 1.807) is 91.0 Å². The lowest BCUT2D eigenvalue weighted by Gasteiger charge is -2.13. The number of hydrogen-bond donors (Lipinski definition) is 5. The number of para-hydroxylation sites is 2. The van der Waals surface area contributed by atoms with Gasteiger partial charge in [0.2, 0.25) is 20.0 Å². The van der Waals surface area contributed by atoms with Crippen molar-refractivity contribution in [1.29, 1.82) is 0 Å². The molecule has 15 heteroatoms. The van der Waals surface area contributed by atoms with Gasteiger partial charge < -0.3 is 20.5 Å². The van der Waals surface area contributed by atoms with Crippen LogP contribution in [-0.4, -0.2) is 58.7 Å². The molecule has 0 aliphatic carbocycles. The number of carbonyl (C=O) groups is 3. The molecule has 0 aromatic heterocycles. The van der Waals surface area contributed by atoms with Crippen LogP contribution in [0.1, 0.15) is 47.8 Å². The van der Waals surface area contributed by atoms with Gasteiger partial charge in [0, 0.05) is 12.2 Å². The molecule has 0 saturated carbocycles. The van der Waals surface area contributed by atoms with E-state index in [-0.39, 0.29) is 59.3 Å². The number of amides is 2. The Labute approximate surface area is 313 Å². The first-order valence-corrected chi connectivity index (χ1v) is 20.0. The topological polar surface area (TPSA) is 197 Å². The van der Waals surface area contributed by atoms with Gasteiger partial charge in [0.15, 0.2) is 0 Å². The Bertz CT molecular complexity index is 2300. The molecule has 5 aromatic rings. The minimum atomic E-state index is -3.87. The van der Waals surface area contributed by atoms with Crippen LogP contribution < -0.4 is 20.1 Å². The molecule has 0 fully saturated rings. The second kappa shape index (κ2) is 18.1. The summed E-state index contributed by atoms with van der Waals surface area (Å²) in [6.45, 7) is 0.240. The summed E-state index contributed by atoms with van der Waals surface area (Å²) >= 11 is 0. The molecular weight excluding hydrogens is 733 g/mol. The van der Waals surface area contributed by atoms with Crippen LogP contribution in [0.2, 0.25) is 0 Å². The number of anilines is 3. The van der Waals surface area contributed by atoms with Crippen molar-refractivity contribution in [3.63, 3.8) is 0 Å². The summed E-state index contributed by atoms with van der Waals surface area (Å²) in [6.07, 6.45) is 0.468. The van der Waals surface area contributed by atoms with Crippen molar-refractivity contribution >= 4 is 54.9 Å². The third kappa shape index (κ3) is 11.7. The molecule has 2 amide bonds. The molecule has 5 rings (SSSR count). The molecule has 54 heavy (non-hydrogen) atoms. The highest BCUT2D eigenvalue weighted by atomic mass is 32.2. The summed E-state index contributed by atoms with van der Waals surface area (Å²) in [7, 11) is -7.65. The molecule has 0 aliphatic heterocycles. The molecule has 5 aromatic carbocycles. The molecule has 0 atom stereocenters. The van der Waals surface area contributed by atoms with Crippen molar-refractivity contribution in [2.24, 2.45) is 0 Å². The maximum atomic E-state index is 13.1. The van der Waals surface area contributed by atoms with Gasteiger partial charge in [0.05, 0.1) is 52.8 Å². The Morgan fingerprint density at radius 3 is 1.76 bits per heavy atom. The quantitative estimate of drug-likeness (QED) is 0.0714. The summed E-state index contributed by atoms with van der Waals surface area (Å²) in [4.78, 5) is 37.0. The first-order chi connectivity index (χ1) is 25.9. The fourth-order valence-corrected chi connectivity index (χ4v) is 7.38. The predicted molar refractivity (Wildman–Crippen MR) is 206 cm³/mol. The van der Waals surface area contributed by atoms with Gasteiger partial charge in [-0.1, -0.05) is 78.9 Å². The van der Waals surface area contributed by atoms with Crippen molar-refractivity contribution in [3.05, 3.63) is 161 Å². The number of carbonyl (C=O) groups excluding carboxylic acids is 2. The van der Waals surface area contributed by atoms with Crippen LogP contribution in [0.3, 0.4) is 0 Å². The van der Waals surface area contributed by atoms with Crippen molar-refractivity contribution in [3.8, 4) is 0 Å². The van der Waals surface area contributed by atoms with Gasteiger partial charge in [-0.3, -0.25) is 19.0 Å². The Kier molecular flexibility index (Phi) is 13.2. The van der Waals surface area contributed by atoms with Crippen molar-refractivity contribution in [2.75, 3.05) is 33.7 Å². The van der Waals surface area contributed by atoms with Gasteiger partial charge >= 0.3 is 5.97 Å². The molecule has 0 bridgehead atoms. The van der Waals surface area contributed by atoms with E-state index < -0.39 is 37.8 Å². The number of hydrogen-bond acceptors (Lipinski definition) is 8. The molecule has 5 N–H and O–H groups in total.